The molecule has 3 aliphatic heterocycles. The van der Waals surface area contributed by atoms with Crippen LogP contribution in [0.1, 0.15) is 31.2 Å². The van der Waals surface area contributed by atoms with Crippen LogP contribution in [0.5, 0.6) is 0 Å². The van der Waals surface area contributed by atoms with Crippen molar-refractivity contribution in [1.82, 2.24) is 20.6 Å². The van der Waals surface area contributed by atoms with Crippen molar-refractivity contribution in [2.45, 2.75) is 37.8 Å². The van der Waals surface area contributed by atoms with E-state index in [1.165, 1.54) is 11.1 Å². The molecule has 1 aromatic carbocycles. The Hall–Kier alpha value is -2.91. The lowest BCUT2D eigenvalue weighted by Crippen LogP contribution is -2.58. The largest absolute Gasteiger partial charge is 0.445 e. The summed E-state index contributed by atoms with van der Waals surface area (Å²) in [5, 5.41) is 12.2. The molecule has 172 valence electrons. The summed E-state index contributed by atoms with van der Waals surface area (Å²) in [6, 6.07) is 9.55. The minimum atomic E-state index is -0.571. The number of ether oxygens (including phenoxy) is 1. The number of carbonyl (C=O) groups excluding carboxylic acids is 3. The third kappa shape index (κ3) is 5.11. The van der Waals surface area contributed by atoms with Gasteiger partial charge in [0.05, 0.1) is 6.04 Å². The van der Waals surface area contributed by atoms with Crippen molar-refractivity contribution in [3.8, 4) is 0 Å². The van der Waals surface area contributed by atoms with E-state index in [2.05, 4.69) is 23.5 Å². The predicted octanol–water partition coefficient (Wildman–Crippen LogP) is 1.39. The summed E-state index contributed by atoms with van der Waals surface area (Å²) in [6.45, 7) is 2.86. The van der Waals surface area contributed by atoms with Crippen LogP contribution in [0.15, 0.2) is 36.4 Å². The second-order valence-electron chi connectivity index (χ2n) is 8.60. The molecule has 0 bridgehead atoms. The Bertz CT molecular complexity index is 870. The van der Waals surface area contributed by atoms with Gasteiger partial charge in [-0.05, 0) is 36.3 Å². The summed E-state index contributed by atoms with van der Waals surface area (Å²) in [6.07, 6.45) is 3.39. The quantitative estimate of drug-likeness (QED) is 0.469. The van der Waals surface area contributed by atoms with E-state index in [0.717, 1.165) is 12.8 Å². The van der Waals surface area contributed by atoms with Crippen molar-refractivity contribution < 1.29 is 24.3 Å². The van der Waals surface area contributed by atoms with Crippen molar-refractivity contribution in [2.24, 2.45) is 5.92 Å². The molecule has 3 amide bonds. The van der Waals surface area contributed by atoms with E-state index in [1.54, 1.807) is 15.3 Å². The predicted molar refractivity (Wildman–Crippen MR) is 117 cm³/mol. The summed E-state index contributed by atoms with van der Waals surface area (Å²) < 4.78 is 5.57. The van der Waals surface area contributed by atoms with Crippen LogP contribution in [-0.2, 0) is 14.3 Å². The Balaban J connectivity index is 1.39. The van der Waals surface area contributed by atoms with Gasteiger partial charge in [-0.2, -0.15) is 0 Å². The molecule has 0 radical (unpaired) electrons. The molecule has 3 heterocycles. The molecule has 3 aliphatic rings. The number of amides is 3. The highest BCUT2D eigenvalue weighted by molar-refractivity contribution is 5.85. The van der Waals surface area contributed by atoms with Gasteiger partial charge in [0, 0.05) is 39.1 Å². The van der Waals surface area contributed by atoms with Crippen molar-refractivity contribution in [2.75, 3.05) is 32.7 Å². The zero-order chi connectivity index (χ0) is 22.5. The number of benzene rings is 1. The first-order chi connectivity index (χ1) is 15.5. The molecule has 4 rings (SSSR count). The highest BCUT2D eigenvalue weighted by Gasteiger charge is 2.40. The Kier molecular flexibility index (Phi) is 7.06. The molecule has 9 heteroatoms. The molecule has 3 N–H and O–H groups in total. The third-order valence-electron chi connectivity index (χ3n) is 6.49. The fourth-order valence-electron chi connectivity index (χ4n) is 4.54. The maximum atomic E-state index is 13.3. The van der Waals surface area contributed by atoms with E-state index < -0.39 is 24.0 Å². The molecule has 0 aliphatic carbocycles. The second kappa shape index (κ2) is 10.1. The fourth-order valence-corrected chi connectivity index (χ4v) is 4.54. The van der Waals surface area contributed by atoms with Gasteiger partial charge in [0.25, 0.3) is 0 Å². The molecule has 2 fully saturated rings. The molecule has 0 saturated carbocycles. The first-order valence-electron chi connectivity index (χ1n) is 11.2. The minimum absolute atomic E-state index is 0.0311. The first kappa shape index (κ1) is 22.3. The van der Waals surface area contributed by atoms with Crippen LogP contribution in [0.2, 0.25) is 0 Å². The fraction of sp³-hybridized carbons (Fsp3) is 0.522. The van der Waals surface area contributed by atoms with Crippen molar-refractivity contribution >= 4 is 23.5 Å². The molecule has 1 aromatic rings. The van der Waals surface area contributed by atoms with E-state index in [-0.39, 0.29) is 18.4 Å². The topological polar surface area (TPSA) is 111 Å². The van der Waals surface area contributed by atoms with Crippen LogP contribution in [0, 0.1) is 5.92 Å². The van der Waals surface area contributed by atoms with Gasteiger partial charge in [0.15, 0.2) is 0 Å². The summed E-state index contributed by atoms with van der Waals surface area (Å²) in [5.41, 5.74) is 4.04. The lowest BCUT2D eigenvalue weighted by atomic mass is 9.85. The van der Waals surface area contributed by atoms with E-state index in [1.807, 2.05) is 18.2 Å². The van der Waals surface area contributed by atoms with Crippen LogP contribution in [0.25, 0.3) is 5.57 Å². The van der Waals surface area contributed by atoms with Gasteiger partial charge in [-0.15, -0.1) is 0 Å². The van der Waals surface area contributed by atoms with Gasteiger partial charge in [0.1, 0.15) is 6.10 Å². The van der Waals surface area contributed by atoms with Gasteiger partial charge in [-0.3, -0.25) is 14.8 Å². The number of nitrogens with one attached hydrogen (secondary N) is 2. The number of rotatable bonds is 5. The van der Waals surface area contributed by atoms with Crippen LogP contribution < -0.4 is 10.8 Å². The number of hydrogen-bond donors (Lipinski definition) is 3. The Morgan fingerprint density at radius 2 is 1.91 bits per heavy atom. The molecular formula is C23H30N4O5. The molecule has 32 heavy (non-hydrogen) atoms. The Morgan fingerprint density at radius 3 is 2.53 bits per heavy atom. The summed E-state index contributed by atoms with van der Waals surface area (Å²) >= 11 is 0. The van der Waals surface area contributed by atoms with Crippen LogP contribution >= 0.6 is 0 Å². The molecule has 0 spiro atoms. The van der Waals surface area contributed by atoms with E-state index >= 15 is 0 Å². The lowest BCUT2D eigenvalue weighted by Gasteiger charge is -2.40. The molecule has 3 atom stereocenters. The van der Waals surface area contributed by atoms with Gasteiger partial charge >= 0.3 is 6.09 Å². The minimum Gasteiger partial charge on any atom is -0.445 e. The summed E-state index contributed by atoms with van der Waals surface area (Å²) in [5.74, 6) is -1.03. The van der Waals surface area contributed by atoms with E-state index in [9.17, 15) is 14.4 Å². The number of nitrogens with zero attached hydrogens (tertiary/aromatic N) is 2. The van der Waals surface area contributed by atoms with Crippen molar-refractivity contribution in [3.05, 3.63) is 42.0 Å². The summed E-state index contributed by atoms with van der Waals surface area (Å²) in [4.78, 5) is 40.8. The van der Waals surface area contributed by atoms with E-state index in [0.29, 0.717) is 39.1 Å². The van der Waals surface area contributed by atoms with Crippen molar-refractivity contribution in [1.29, 1.82) is 0 Å². The number of hydroxylamine groups is 1. The van der Waals surface area contributed by atoms with Crippen LogP contribution in [-0.4, -0.2) is 77.8 Å². The highest BCUT2D eigenvalue weighted by atomic mass is 16.6. The number of hydrogen-bond acceptors (Lipinski definition) is 6. The van der Waals surface area contributed by atoms with Gasteiger partial charge < -0.3 is 19.9 Å². The number of piperidine rings is 1. The zero-order valence-corrected chi connectivity index (χ0v) is 18.0. The van der Waals surface area contributed by atoms with Gasteiger partial charge in [0.2, 0.25) is 11.8 Å². The average Bonchev–Trinajstić information content (AvgIpc) is 2.78. The van der Waals surface area contributed by atoms with Crippen LogP contribution in [0.3, 0.4) is 0 Å². The first-order valence-corrected chi connectivity index (χ1v) is 11.2. The lowest BCUT2D eigenvalue weighted by molar-refractivity contribution is -0.138. The SMILES string of the molecule is O=C(C[C@@H]1C[C@H](OC(=O)N2CCC2)CN[C@@H]1C(=O)N1CC=C(c2ccccc2)CC1)NO. The number of carbonyl (C=O) groups is 3. The standard InChI is InChI=1S/C23H30N4O5/c28-20(25-31)14-18-13-19(32-23(30)27-9-4-10-27)15-24-21(18)22(29)26-11-7-17(8-12-26)16-5-2-1-3-6-16/h1-3,5-7,18-19,21,24,31H,4,8-15H2,(H,25,28)/t18-,19-,21-/m0/s1. The maximum absolute atomic E-state index is 13.3. The van der Waals surface area contributed by atoms with Crippen LogP contribution in [0.4, 0.5) is 4.79 Å². The van der Waals surface area contributed by atoms with Crippen molar-refractivity contribution in [3.63, 3.8) is 0 Å². The van der Waals surface area contributed by atoms with Gasteiger partial charge in [-0.1, -0.05) is 36.4 Å². The molecule has 0 aromatic heterocycles. The highest BCUT2D eigenvalue weighted by Crippen LogP contribution is 2.27. The maximum Gasteiger partial charge on any atom is 0.410 e. The monoisotopic (exact) mass is 442 g/mol. The second-order valence-corrected chi connectivity index (χ2v) is 8.60. The Labute approximate surface area is 187 Å². The molecular weight excluding hydrogens is 412 g/mol. The zero-order valence-electron chi connectivity index (χ0n) is 18.0. The molecule has 2 saturated heterocycles. The smallest absolute Gasteiger partial charge is 0.410 e. The molecule has 9 nitrogen and oxygen atoms in total. The summed E-state index contributed by atoms with van der Waals surface area (Å²) in [7, 11) is 0. The Morgan fingerprint density at radius 1 is 1.12 bits per heavy atom. The number of likely N-dealkylation sites (tertiary alicyclic amines) is 1. The average molecular weight is 443 g/mol. The van der Waals surface area contributed by atoms with Gasteiger partial charge in [-0.25, -0.2) is 10.3 Å². The normalized spacial score (nSPS) is 25.4. The molecule has 0 unspecified atom stereocenters. The third-order valence-corrected chi connectivity index (χ3v) is 6.49. The van der Waals surface area contributed by atoms with E-state index in [4.69, 9.17) is 9.94 Å².